The lowest BCUT2D eigenvalue weighted by atomic mass is 10.1. The average Bonchev–Trinajstić information content (AvgIpc) is 2.37. The molecule has 104 valence electrons. The standard InChI is InChI=1S/C16H16O4/c1-4-6-7-12(5-2)8-9-13(17)15-14(18)10-11(3)20-16(15)19/h4-10,18H,2H2,1,3H3/b6-4-,9-8+,12-7+. The van der Waals surface area contributed by atoms with E-state index in [-0.39, 0.29) is 17.1 Å². The summed E-state index contributed by atoms with van der Waals surface area (Å²) in [6.45, 7) is 6.99. The van der Waals surface area contributed by atoms with E-state index in [1.165, 1.54) is 25.1 Å². The molecule has 4 nitrogen and oxygen atoms in total. The molecule has 1 aromatic heterocycles. The van der Waals surface area contributed by atoms with Gasteiger partial charge < -0.3 is 9.52 Å². The third-order valence-electron chi connectivity index (χ3n) is 2.44. The number of aryl methyl sites for hydroxylation is 1. The molecule has 0 saturated heterocycles. The van der Waals surface area contributed by atoms with Gasteiger partial charge in [0.2, 0.25) is 0 Å². The van der Waals surface area contributed by atoms with Crippen LogP contribution >= 0.6 is 0 Å². The molecule has 1 heterocycles. The van der Waals surface area contributed by atoms with Gasteiger partial charge in [-0.05, 0) is 25.5 Å². The van der Waals surface area contributed by atoms with Crippen molar-refractivity contribution in [2.75, 3.05) is 0 Å². The zero-order valence-corrected chi connectivity index (χ0v) is 11.4. The van der Waals surface area contributed by atoms with Crippen LogP contribution < -0.4 is 5.63 Å². The molecule has 0 atom stereocenters. The zero-order chi connectivity index (χ0) is 15.1. The Labute approximate surface area is 117 Å². The first-order valence-corrected chi connectivity index (χ1v) is 6.01. The van der Waals surface area contributed by atoms with Crippen molar-refractivity contribution in [3.8, 4) is 5.75 Å². The fourth-order valence-corrected chi connectivity index (χ4v) is 1.48. The fraction of sp³-hybridized carbons (Fsp3) is 0.125. The van der Waals surface area contributed by atoms with E-state index in [1.807, 2.05) is 13.0 Å². The molecule has 4 heteroatoms. The average molecular weight is 272 g/mol. The molecule has 0 amide bonds. The Morgan fingerprint density at radius 1 is 1.40 bits per heavy atom. The second-order valence-electron chi connectivity index (χ2n) is 4.00. The number of carbonyl (C=O) groups excluding carboxylic acids is 1. The van der Waals surface area contributed by atoms with Gasteiger partial charge in [-0.2, -0.15) is 0 Å². The Hall–Kier alpha value is -2.62. The molecular weight excluding hydrogens is 256 g/mol. The molecule has 20 heavy (non-hydrogen) atoms. The Morgan fingerprint density at radius 2 is 2.10 bits per heavy atom. The van der Waals surface area contributed by atoms with Crippen LogP contribution in [0.2, 0.25) is 0 Å². The molecule has 0 aliphatic heterocycles. The number of rotatable bonds is 5. The molecule has 0 saturated carbocycles. The van der Waals surface area contributed by atoms with Gasteiger partial charge in [0, 0.05) is 6.07 Å². The molecule has 0 fully saturated rings. The molecule has 1 aromatic rings. The Morgan fingerprint density at radius 3 is 2.65 bits per heavy atom. The van der Waals surface area contributed by atoms with Crippen molar-refractivity contribution in [2.45, 2.75) is 13.8 Å². The minimum atomic E-state index is -0.852. The van der Waals surface area contributed by atoms with Crippen LogP contribution in [0.3, 0.4) is 0 Å². The van der Waals surface area contributed by atoms with Gasteiger partial charge >= 0.3 is 5.63 Å². The predicted octanol–water partition coefficient (Wildman–Crippen LogP) is 3.08. The molecule has 0 bridgehead atoms. The molecule has 0 aliphatic carbocycles. The van der Waals surface area contributed by atoms with Gasteiger partial charge in [-0.15, -0.1) is 0 Å². The predicted molar refractivity (Wildman–Crippen MR) is 77.9 cm³/mol. The highest BCUT2D eigenvalue weighted by atomic mass is 16.4. The van der Waals surface area contributed by atoms with Crippen molar-refractivity contribution < 1.29 is 14.3 Å². The van der Waals surface area contributed by atoms with Crippen LogP contribution in [0.15, 0.2) is 63.9 Å². The van der Waals surface area contributed by atoms with E-state index >= 15 is 0 Å². The fourth-order valence-electron chi connectivity index (χ4n) is 1.48. The van der Waals surface area contributed by atoms with Gasteiger partial charge in [0.15, 0.2) is 5.78 Å². The second-order valence-corrected chi connectivity index (χ2v) is 4.00. The third kappa shape index (κ3) is 3.95. The summed E-state index contributed by atoms with van der Waals surface area (Å²) < 4.78 is 4.79. The summed E-state index contributed by atoms with van der Waals surface area (Å²) in [4.78, 5) is 23.5. The minimum Gasteiger partial charge on any atom is -0.507 e. The number of allylic oxidation sites excluding steroid dienone is 7. The monoisotopic (exact) mass is 272 g/mol. The van der Waals surface area contributed by atoms with E-state index in [4.69, 9.17) is 4.42 Å². The van der Waals surface area contributed by atoms with Crippen LogP contribution in [0.4, 0.5) is 0 Å². The first-order chi connectivity index (χ1) is 9.49. The van der Waals surface area contributed by atoms with Crippen molar-refractivity contribution >= 4 is 5.78 Å². The van der Waals surface area contributed by atoms with Crippen molar-refractivity contribution in [1.29, 1.82) is 0 Å². The van der Waals surface area contributed by atoms with E-state index in [0.29, 0.717) is 5.57 Å². The largest absolute Gasteiger partial charge is 0.507 e. The maximum Gasteiger partial charge on any atom is 0.351 e. The van der Waals surface area contributed by atoms with E-state index in [0.717, 1.165) is 0 Å². The van der Waals surface area contributed by atoms with Crippen LogP contribution in [-0.2, 0) is 0 Å². The van der Waals surface area contributed by atoms with Gasteiger partial charge in [-0.25, -0.2) is 4.79 Å². The van der Waals surface area contributed by atoms with Crippen molar-refractivity contribution in [3.63, 3.8) is 0 Å². The normalized spacial score (nSPS) is 12.2. The van der Waals surface area contributed by atoms with Crippen LogP contribution in [0, 0.1) is 6.92 Å². The van der Waals surface area contributed by atoms with Gasteiger partial charge in [0.1, 0.15) is 17.1 Å². The Balaban J connectivity index is 3.09. The summed E-state index contributed by atoms with van der Waals surface area (Å²) in [5, 5.41) is 9.65. The molecule has 1 rings (SSSR count). The van der Waals surface area contributed by atoms with Gasteiger partial charge in [0.05, 0.1) is 0 Å². The summed E-state index contributed by atoms with van der Waals surface area (Å²) in [6.07, 6.45) is 9.66. The lowest BCUT2D eigenvalue weighted by molar-refractivity contribution is 0.104. The molecule has 0 unspecified atom stereocenters. The van der Waals surface area contributed by atoms with Crippen LogP contribution in [0.25, 0.3) is 0 Å². The van der Waals surface area contributed by atoms with E-state index in [1.54, 1.807) is 18.2 Å². The van der Waals surface area contributed by atoms with Gasteiger partial charge in [-0.3, -0.25) is 4.79 Å². The van der Waals surface area contributed by atoms with Crippen molar-refractivity contribution in [2.24, 2.45) is 0 Å². The number of ketones is 1. The SMILES string of the molecule is C=CC(/C=C/C(=O)c1c(O)cc(C)oc1=O)=C\C=C/C. The summed E-state index contributed by atoms with van der Waals surface area (Å²) in [6, 6.07) is 1.23. The lowest BCUT2D eigenvalue weighted by Gasteiger charge is -1.99. The van der Waals surface area contributed by atoms with Crippen LogP contribution in [0.5, 0.6) is 5.75 Å². The number of carbonyl (C=O) groups is 1. The highest BCUT2D eigenvalue weighted by Crippen LogP contribution is 2.15. The number of hydrogen-bond acceptors (Lipinski definition) is 4. The smallest absolute Gasteiger partial charge is 0.351 e. The van der Waals surface area contributed by atoms with E-state index in [2.05, 4.69) is 6.58 Å². The van der Waals surface area contributed by atoms with Crippen molar-refractivity contribution in [3.05, 3.63) is 76.4 Å². The van der Waals surface area contributed by atoms with E-state index < -0.39 is 11.4 Å². The third-order valence-corrected chi connectivity index (χ3v) is 2.44. The molecule has 0 aliphatic rings. The molecule has 0 spiro atoms. The van der Waals surface area contributed by atoms with Crippen LogP contribution in [0.1, 0.15) is 23.0 Å². The highest BCUT2D eigenvalue weighted by molar-refractivity contribution is 6.06. The second kappa shape index (κ2) is 7.09. The Kier molecular flexibility index (Phi) is 5.47. The molecular formula is C16H16O4. The maximum atomic E-state index is 11.9. The zero-order valence-electron chi connectivity index (χ0n) is 11.4. The first kappa shape index (κ1) is 15.4. The minimum absolute atomic E-state index is 0.243. The quantitative estimate of drug-likeness (QED) is 0.508. The summed E-state index contributed by atoms with van der Waals surface area (Å²) in [5.41, 5.74) is -0.525. The topological polar surface area (TPSA) is 67.5 Å². The molecule has 0 aromatic carbocycles. The van der Waals surface area contributed by atoms with Crippen LogP contribution in [-0.4, -0.2) is 10.9 Å². The van der Waals surface area contributed by atoms with Crippen molar-refractivity contribution in [1.82, 2.24) is 0 Å². The summed E-state index contributed by atoms with van der Waals surface area (Å²) in [7, 11) is 0. The first-order valence-electron chi connectivity index (χ1n) is 6.01. The highest BCUT2D eigenvalue weighted by Gasteiger charge is 2.15. The van der Waals surface area contributed by atoms with E-state index in [9.17, 15) is 14.7 Å². The summed E-state index contributed by atoms with van der Waals surface area (Å²) >= 11 is 0. The van der Waals surface area contributed by atoms with Gasteiger partial charge in [0.25, 0.3) is 0 Å². The number of hydrogen-bond donors (Lipinski definition) is 1. The summed E-state index contributed by atoms with van der Waals surface area (Å²) in [5.74, 6) is -0.761. The molecule has 0 radical (unpaired) electrons. The maximum absolute atomic E-state index is 11.9. The van der Waals surface area contributed by atoms with Gasteiger partial charge in [-0.1, -0.05) is 37.0 Å². The number of aromatic hydroxyl groups is 1. The Bertz CT molecular complexity index is 658. The lowest BCUT2D eigenvalue weighted by Crippen LogP contribution is -2.13. The molecule has 1 N–H and O–H groups in total.